The van der Waals surface area contributed by atoms with Gasteiger partial charge in [0.1, 0.15) is 6.10 Å². The number of nitrogens with two attached hydrogens (primary N) is 1. The van der Waals surface area contributed by atoms with Crippen LogP contribution in [0, 0.1) is 5.92 Å². The van der Waals surface area contributed by atoms with Crippen LogP contribution in [-0.4, -0.2) is 97.2 Å². The smallest absolute Gasteiger partial charge is 0.410 e. The van der Waals surface area contributed by atoms with Crippen molar-refractivity contribution in [3.8, 4) is 0 Å². The van der Waals surface area contributed by atoms with Crippen molar-refractivity contribution in [3.63, 3.8) is 0 Å². The van der Waals surface area contributed by atoms with E-state index in [4.69, 9.17) is 24.7 Å². The van der Waals surface area contributed by atoms with Gasteiger partial charge in [-0.05, 0) is 51.9 Å². The Morgan fingerprint density at radius 1 is 1.21 bits per heavy atom. The van der Waals surface area contributed by atoms with Gasteiger partial charge in [-0.15, -0.1) is 0 Å². The van der Waals surface area contributed by atoms with E-state index in [0.29, 0.717) is 19.6 Å². The third kappa shape index (κ3) is 12.1. The molecule has 0 aromatic rings. The molecule has 0 unspecified atom stereocenters. The van der Waals surface area contributed by atoms with E-state index in [1.54, 1.807) is 41.6 Å². The lowest BCUT2D eigenvalue weighted by Crippen LogP contribution is -2.50. The van der Waals surface area contributed by atoms with Crippen molar-refractivity contribution in [3.05, 3.63) is 36.0 Å². The van der Waals surface area contributed by atoms with E-state index in [9.17, 15) is 14.4 Å². The summed E-state index contributed by atoms with van der Waals surface area (Å²) in [6.07, 6.45) is 13.2. The van der Waals surface area contributed by atoms with Gasteiger partial charge in [0.05, 0.1) is 49.1 Å². The number of amides is 3. The van der Waals surface area contributed by atoms with E-state index in [-0.39, 0.29) is 60.2 Å². The topological polar surface area (TPSA) is 133 Å². The van der Waals surface area contributed by atoms with Gasteiger partial charge in [0.25, 0.3) is 0 Å². The molecule has 3 rings (SSSR count). The Kier molecular flexibility index (Phi) is 14.0. The molecule has 0 saturated carbocycles. The fraction of sp³-hybridized carbons (Fsp3) is 0.710. The molecule has 3 saturated heterocycles. The number of nitrogens with one attached hydrogen (secondary N) is 1. The van der Waals surface area contributed by atoms with Crippen molar-refractivity contribution in [2.24, 2.45) is 11.7 Å². The molecule has 1 spiro atoms. The molecule has 0 aromatic heterocycles. The molecule has 8 atom stereocenters. The third-order valence-corrected chi connectivity index (χ3v) is 9.85. The molecule has 3 aliphatic heterocycles. The van der Waals surface area contributed by atoms with Crippen LogP contribution in [0.3, 0.4) is 0 Å². The zero-order valence-electron chi connectivity index (χ0n) is 26.3. The average Bonchev–Trinajstić information content (AvgIpc) is 3.68. The highest BCUT2D eigenvalue weighted by molar-refractivity contribution is 8.76. The minimum atomic E-state index is -0.522. The maximum atomic E-state index is 12.6. The quantitative estimate of drug-likeness (QED) is 0.0934. The van der Waals surface area contributed by atoms with Gasteiger partial charge in [0, 0.05) is 38.3 Å². The number of carbonyl (C=O) groups excluding carboxylic acids is 3. The van der Waals surface area contributed by atoms with Gasteiger partial charge >= 0.3 is 6.09 Å². The van der Waals surface area contributed by atoms with Crippen LogP contribution in [0.15, 0.2) is 36.0 Å². The molecule has 3 aliphatic rings. The number of allylic oxidation sites excluding steroid dienone is 2. The number of nitrogens with zero attached hydrogens (tertiary/aromatic N) is 1. The van der Waals surface area contributed by atoms with E-state index in [1.807, 2.05) is 19.3 Å². The summed E-state index contributed by atoms with van der Waals surface area (Å²) >= 11 is 0. The number of carbonyl (C=O) groups is 3. The molecule has 242 valence electrons. The second-order valence-electron chi connectivity index (χ2n) is 12.0. The van der Waals surface area contributed by atoms with Crippen LogP contribution in [-0.2, 0) is 28.5 Å². The molecule has 10 nitrogen and oxygen atoms in total. The van der Waals surface area contributed by atoms with Crippen LogP contribution in [0.2, 0.25) is 0 Å². The molecule has 0 radical (unpaired) electrons. The fourth-order valence-corrected chi connectivity index (χ4v) is 6.68. The van der Waals surface area contributed by atoms with Crippen molar-refractivity contribution >= 4 is 39.5 Å². The van der Waals surface area contributed by atoms with Crippen molar-refractivity contribution in [2.45, 2.75) is 102 Å². The van der Waals surface area contributed by atoms with Crippen LogP contribution < -0.4 is 11.1 Å². The number of hydrogen-bond donors (Lipinski definition) is 2. The summed E-state index contributed by atoms with van der Waals surface area (Å²) in [6.45, 7) is 9.22. The maximum absolute atomic E-state index is 12.6. The SMILES string of the molecule is CSSCCN(C)C(=O)O[C@@H](C)/C=C\C(=O)N[C@@H]1C[C@H](C)[C@H](C/C=C(C)/C=C/[C@@H]2C[C@]3(CO3)C[C@@H](CC(N)=O)O2)O[C@@H]1C. The first kappa shape index (κ1) is 35.5. The van der Waals surface area contributed by atoms with E-state index in [1.165, 1.54) is 11.0 Å². The molecule has 3 amide bonds. The molecule has 12 heteroatoms. The van der Waals surface area contributed by atoms with Gasteiger partial charge in [-0.2, -0.15) is 0 Å². The molecule has 3 heterocycles. The van der Waals surface area contributed by atoms with E-state index in [0.717, 1.165) is 30.6 Å². The summed E-state index contributed by atoms with van der Waals surface area (Å²) < 4.78 is 23.5. The maximum Gasteiger partial charge on any atom is 0.410 e. The first-order chi connectivity index (χ1) is 20.4. The predicted molar refractivity (Wildman–Crippen MR) is 172 cm³/mol. The molecular formula is C31H49N3O7S2. The van der Waals surface area contributed by atoms with E-state index < -0.39 is 12.2 Å². The van der Waals surface area contributed by atoms with Crippen LogP contribution in [0.5, 0.6) is 0 Å². The van der Waals surface area contributed by atoms with Crippen LogP contribution >= 0.6 is 21.6 Å². The first-order valence-electron chi connectivity index (χ1n) is 15.0. The number of hydrogen-bond acceptors (Lipinski definition) is 9. The van der Waals surface area contributed by atoms with E-state index >= 15 is 0 Å². The number of epoxide rings is 1. The number of primary amides is 1. The Bertz CT molecular complexity index is 1050. The molecule has 3 N–H and O–H groups in total. The molecular weight excluding hydrogens is 590 g/mol. The summed E-state index contributed by atoms with van der Waals surface area (Å²) in [7, 11) is 5.04. The largest absolute Gasteiger partial charge is 0.442 e. The summed E-state index contributed by atoms with van der Waals surface area (Å²) in [5.74, 6) is 0.478. The Hall–Kier alpha value is -1.99. The van der Waals surface area contributed by atoms with Gasteiger partial charge in [0.15, 0.2) is 0 Å². The Balaban J connectivity index is 1.41. The predicted octanol–water partition coefficient (Wildman–Crippen LogP) is 4.39. The zero-order chi connectivity index (χ0) is 31.6. The second kappa shape index (κ2) is 16.9. The minimum Gasteiger partial charge on any atom is -0.442 e. The third-order valence-electron chi connectivity index (χ3n) is 8.06. The number of ether oxygens (including phenoxy) is 4. The summed E-state index contributed by atoms with van der Waals surface area (Å²) in [6, 6.07) is -0.111. The van der Waals surface area contributed by atoms with Gasteiger partial charge in [-0.1, -0.05) is 52.3 Å². The summed E-state index contributed by atoms with van der Waals surface area (Å²) in [5.41, 5.74) is 6.33. The highest BCUT2D eigenvalue weighted by Crippen LogP contribution is 2.43. The molecule has 0 bridgehead atoms. The zero-order valence-corrected chi connectivity index (χ0v) is 27.9. The highest BCUT2D eigenvalue weighted by Gasteiger charge is 2.51. The van der Waals surface area contributed by atoms with Crippen molar-refractivity contribution in [1.29, 1.82) is 0 Å². The Morgan fingerprint density at radius 2 is 1.95 bits per heavy atom. The number of rotatable bonds is 14. The van der Waals surface area contributed by atoms with Crippen molar-refractivity contribution in [1.82, 2.24) is 10.2 Å². The van der Waals surface area contributed by atoms with E-state index in [2.05, 4.69) is 31.3 Å². The van der Waals surface area contributed by atoms with Crippen LogP contribution in [0.25, 0.3) is 0 Å². The lowest BCUT2D eigenvalue weighted by Gasteiger charge is -2.39. The highest BCUT2D eigenvalue weighted by atomic mass is 33.1. The monoisotopic (exact) mass is 639 g/mol. The van der Waals surface area contributed by atoms with Gasteiger partial charge in [-0.3, -0.25) is 9.59 Å². The standard InChI is InChI=1S/C31H49N3O7S2/c1-20(7-10-24-17-31(19-38-31)18-25(41-24)16-28(32)35)8-11-27-21(2)15-26(23(4)40-27)33-29(36)12-9-22(3)39-30(37)34(5)13-14-43-42-6/h7-10,12,21-27H,11,13-19H2,1-6H3,(H2,32,35)(H,33,36)/b10-7+,12-9-,20-8+/t21-,22-,23+,24+,25+,26+,27-,31+/m0/s1. The molecule has 0 aromatic carbocycles. The van der Waals surface area contributed by atoms with Crippen molar-refractivity contribution in [2.75, 3.05) is 32.2 Å². The Labute approximate surface area is 264 Å². The van der Waals surface area contributed by atoms with Gasteiger partial charge in [0.2, 0.25) is 11.8 Å². The summed E-state index contributed by atoms with van der Waals surface area (Å²) in [4.78, 5) is 37.7. The summed E-state index contributed by atoms with van der Waals surface area (Å²) in [5, 5.41) is 3.05. The van der Waals surface area contributed by atoms with Crippen LogP contribution in [0.1, 0.15) is 59.8 Å². The fourth-order valence-electron chi connectivity index (χ4n) is 5.44. The molecule has 3 fully saturated rings. The van der Waals surface area contributed by atoms with Gasteiger partial charge in [-0.25, -0.2) is 4.79 Å². The average molecular weight is 640 g/mol. The normalized spacial score (nSPS) is 31.7. The Morgan fingerprint density at radius 3 is 2.63 bits per heavy atom. The lowest BCUT2D eigenvalue weighted by molar-refractivity contribution is -0.125. The molecule has 43 heavy (non-hydrogen) atoms. The van der Waals surface area contributed by atoms with Crippen molar-refractivity contribution < 1.29 is 33.3 Å². The molecule has 0 aliphatic carbocycles. The first-order valence-corrected chi connectivity index (χ1v) is 17.8. The minimum absolute atomic E-state index is 0.0433. The lowest BCUT2D eigenvalue weighted by atomic mass is 9.88. The van der Waals surface area contributed by atoms with Crippen LogP contribution in [0.4, 0.5) is 4.79 Å². The van der Waals surface area contributed by atoms with Gasteiger partial charge < -0.3 is 34.9 Å². The second-order valence-corrected chi connectivity index (χ2v) is 14.6.